The van der Waals surface area contributed by atoms with Gasteiger partial charge in [0, 0.05) is 5.56 Å². The second-order valence-corrected chi connectivity index (χ2v) is 5.43. The van der Waals surface area contributed by atoms with Crippen LogP contribution < -0.4 is 11.1 Å². The molecule has 98 valence electrons. The molecule has 0 aromatic heterocycles. The van der Waals surface area contributed by atoms with Crippen LogP contribution in [0.1, 0.15) is 24.2 Å². The summed E-state index contributed by atoms with van der Waals surface area (Å²) in [6, 6.07) is 3.84. The highest BCUT2D eigenvalue weighted by atomic mass is 127. The average Bonchev–Trinajstić information content (AvgIpc) is 2.28. The predicted molar refractivity (Wildman–Crippen MR) is 76.1 cm³/mol. The minimum absolute atomic E-state index is 0.0309. The van der Waals surface area contributed by atoms with Crippen molar-refractivity contribution in [1.29, 1.82) is 0 Å². The minimum Gasteiger partial charge on any atom is -0.507 e. The summed E-state index contributed by atoms with van der Waals surface area (Å²) >= 11 is 1.96. The maximum atomic E-state index is 11.9. The molecule has 1 atom stereocenters. The Kier molecular flexibility index (Phi) is 4.94. The van der Waals surface area contributed by atoms with E-state index < -0.39 is 17.9 Å². The topological polar surface area (TPSA) is 92.4 Å². The van der Waals surface area contributed by atoms with Gasteiger partial charge >= 0.3 is 0 Å². The van der Waals surface area contributed by atoms with Gasteiger partial charge in [-0.1, -0.05) is 13.8 Å². The molecule has 0 bridgehead atoms. The number of phenolic OH excluding ortho intramolecular Hbond substituents is 1. The monoisotopic (exact) mass is 362 g/mol. The molecule has 0 aliphatic heterocycles. The van der Waals surface area contributed by atoms with E-state index in [-0.39, 0.29) is 11.7 Å². The molecule has 1 unspecified atom stereocenters. The first-order valence-electron chi connectivity index (χ1n) is 5.41. The van der Waals surface area contributed by atoms with Crippen LogP contribution >= 0.6 is 22.6 Å². The number of nitrogens with one attached hydrogen (secondary N) is 1. The maximum absolute atomic E-state index is 11.9. The van der Waals surface area contributed by atoms with Gasteiger partial charge in [0.25, 0.3) is 5.91 Å². The Morgan fingerprint density at radius 3 is 2.44 bits per heavy atom. The summed E-state index contributed by atoms with van der Waals surface area (Å²) in [4.78, 5) is 23.1. The van der Waals surface area contributed by atoms with E-state index in [1.54, 1.807) is 26.0 Å². The summed E-state index contributed by atoms with van der Waals surface area (Å²) in [5.74, 6) is -1.07. The zero-order valence-corrected chi connectivity index (χ0v) is 12.3. The van der Waals surface area contributed by atoms with Gasteiger partial charge in [0.2, 0.25) is 5.91 Å². The molecular formula is C12H15IN2O3. The number of rotatable bonds is 4. The lowest BCUT2D eigenvalue weighted by atomic mass is 10.0. The van der Waals surface area contributed by atoms with Crippen LogP contribution in [0.5, 0.6) is 5.75 Å². The fraction of sp³-hybridized carbons (Fsp3) is 0.333. The highest BCUT2D eigenvalue weighted by Gasteiger charge is 2.22. The van der Waals surface area contributed by atoms with Crippen molar-refractivity contribution in [2.24, 2.45) is 11.7 Å². The lowest BCUT2D eigenvalue weighted by molar-refractivity contribution is -0.120. The van der Waals surface area contributed by atoms with Crippen LogP contribution in [0, 0.1) is 9.49 Å². The molecule has 5 nitrogen and oxygen atoms in total. The Bertz CT molecular complexity index is 474. The van der Waals surface area contributed by atoms with Crippen molar-refractivity contribution in [2.45, 2.75) is 19.9 Å². The third kappa shape index (κ3) is 3.59. The van der Waals surface area contributed by atoms with E-state index >= 15 is 0 Å². The van der Waals surface area contributed by atoms with Gasteiger partial charge in [-0.2, -0.15) is 0 Å². The summed E-state index contributed by atoms with van der Waals surface area (Å²) in [7, 11) is 0. The summed E-state index contributed by atoms with van der Waals surface area (Å²) in [5.41, 5.74) is 5.51. The normalized spacial score (nSPS) is 12.2. The number of aromatic hydroxyl groups is 1. The Morgan fingerprint density at radius 2 is 2.00 bits per heavy atom. The molecule has 1 aromatic rings. The summed E-state index contributed by atoms with van der Waals surface area (Å²) in [5, 5.41) is 12.1. The van der Waals surface area contributed by atoms with E-state index in [9.17, 15) is 14.7 Å². The molecular weight excluding hydrogens is 347 g/mol. The zero-order chi connectivity index (χ0) is 13.9. The van der Waals surface area contributed by atoms with Gasteiger partial charge in [0.1, 0.15) is 11.8 Å². The molecule has 0 radical (unpaired) electrons. The molecule has 0 aliphatic carbocycles. The Hall–Kier alpha value is -1.31. The van der Waals surface area contributed by atoms with E-state index in [0.29, 0.717) is 9.13 Å². The van der Waals surface area contributed by atoms with Gasteiger partial charge in [0.05, 0.1) is 3.57 Å². The number of carbonyl (C=O) groups is 2. The number of amides is 2. The van der Waals surface area contributed by atoms with E-state index in [1.807, 2.05) is 22.6 Å². The van der Waals surface area contributed by atoms with Crippen molar-refractivity contribution in [3.8, 4) is 5.75 Å². The Morgan fingerprint density at radius 1 is 1.39 bits per heavy atom. The van der Waals surface area contributed by atoms with Gasteiger partial charge in [-0.15, -0.1) is 0 Å². The molecule has 0 heterocycles. The quantitative estimate of drug-likeness (QED) is 0.704. The molecule has 18 heavy (non-hydrogen) atoms. The molecule has 1 rings (SSSR count). The number of nitrogens with two attached hydrogens (primary N) is 1. The van der Waals surface area contributed by atoms with Crippen molar-refractivity contribution in [3.63, 3.8) is 0 Å². The van der Waals surface area contributed by atoms with Crippen molar-refractivity contribution in [3.05, 3.63) is 27.3 Å². The number of carbonyl (C=O) groups excluding carboxylic acids is 2. The lowest BCUT2D eigenvalue weighted by Gasteiger charge is -2.18. The van der Waals surface area contributed by atoms with Crippen molar-refractivity contribution in [1.82, 2.24) is 5.32 Å². The van der Waals surface area contributed by atoms with Gasteiger partial charge in [-0.05, 0) is 46.7 Å². The first-order chi connectivity index (χ1) is 8.32. The van der Waals surface area contributed by atoms with Crippen LogP contribution in [-0.4, -0.2) is 23.0 Å². The van der Waals surface area contributed by atoms with Crippen molar-refractivity contribution < 1.29 is 14.7 Å². The van der Waals surface area contributed by atoms with Gasteiger partial charge < -0.3 is 16.2 Å². The fourth-order valence-electron chi connectivity index (χ4n) is 1.44. The Balaban J connectivity index is 2.87. The molecule has 0 aliphatic rings. The lowest BCUT2D eigenvalue weighted by Crippen LogP contribution is -2.47. The number of benzene rings is 1. The van der Waals surface area contributed by atoms with E-state index in [4.69, 9.17) is 5.73 Å². The first-order valence-corrected chi connectivity index (χ1v) is 6.49. The second kappa shape index (κ2) is 6.03. The van der Waals surface area contributed by atoms with E-state index in [2.05, 4.69) is 5.32 Å². The highest BCUT2D eigenvalue weighted by Crippen LogP contribution is 2.20. The number of phenols is 1. The van der Waals surface area contributed by atoms with Crippen LogP contribution in [0.2, 0.25) is 0 Å². The fourth-order valence-corrected chi connectivity index (χ4v) is 1.78. The Labute approximate surface area is 119 Å². The highest BCUT2D eigenvalue weighted by molar-refractivity contribution is 14.1. The number of primary amides is 1. The van der Waals surface area contributed by atoms with Crippen LogP contribution in [-0.2, 0) is 4.79 Å². The summed E-state index contributed by atoms with van der Waals surface area (Å²) in [6.07, 6.45) is 0. The average molecular weight is 362 g/mol. The zero-order valence-electron chi connectivity index (χ0n) is 10.1. The minimum atomic E-state index is -0.723. The summed E-state index contributed by atoms with van der Waals surface area (Å²) in [6.45, 7) is 3.59. The van der Waals surface area contributed by atoms with Gasteiger partial charge in [-0.25, -0.2) is 0 Å². The third-order valence-corrected chi connectivity index (χ3v) is 3.38. The standard InChI is InChI=1S/C12H15IN2O3/c1-6(2)10(11(14)17)15-12(18)7-3-4-8(13)9(16)5-7/h3-6,10,16H,1-2H3,(H2,14,17)(H,15,18). The van der Waals surface area contributed by atoms with Crippen molar-refractivity contribution in [2.75, 3.05) is 0 Å². The van der Waals surface area contributed by atoms with E-state index in [0.717, 1.165) is 0 Å². The van der Waals surface area contributed by atoms with Crippen LogP contribution in [0.4, 0.5) is 0 Å². The largest absolute Gasteiger partial charge is 0.507 e. The summed E-state index contributed by atoms with van der Waals surface area (Å²) < 4.78 is 0.652. The van der Waals surface area contributed by atoms with Crippen LogP contribution in [0.25, 0.3) is 0 Å². The van der Waals surface area contributed by atoms with Gasteiger partial charge in [-0.3, -0.25) is 9.59 Å². The van der Waals surface area contributed by atoms with Crippen LogP contribution in [0.15, 0.2) is 18.2 Å². The van der Waals surface area contributed by atoms with Gasteiger partial charge in [0.15, 0.2) is 0 Å². The molecule has 0 saturated carbocycles. The molecule has 1 aromatic carbocycles. The second-order valence-electron chi connectivity index (χ2n) is 4.26. The number of halogens is 1. The maximum Gasteiger partial charge on any atom is 0.252 e. The molecule has 0 fully saturated rings. The first kappa shape index (κ1) is 14.7. The smallest absolute Gasteiger partial charge is 0.252 e. The molecule has 0 spiro atoms. The SMILES string of the molecule is CC(C)C(NC(=O)c1ccc(I)c(O)c1)C(N)=O. The molecule has 2 amide bonds. The number of hydrogen-bond acceptors (Lipinski definition) is 3. The van der Waals surface area contributed by atoms with Crippen LogP contribution in [0.3, 0.4) is 0 Å². The van der Waals surface area contributed by atoms with E-state index in [1.165, 1.54) is 6.07 Å². The predicted octanol–water partition coefficient (Wildman–Crippen LogP) is 1.24. The molecule has 6 heteroatoms. The third-order valence-electron chi connectivity index (χ3n) is 2.47. The number of hydrogen-bond donors (Lipinski definition) is 3. The van der Waals surface area contributed by atoms with Crippen molar-refractivity contribution >= 4 is 34.4 Å². The molecule has 0 saturated heterocycles. The molecule has 4 N–H and O–H groups in total.